The molecule has 2 aliphatic rings. The van der Waals surface area contributed by atoms with Crippen LogP contribution in [-0.2, 0) is 28.9 Å². The number of ether oxygens (including phenoxy) is 2. The van der Waals surface area contributed by atoms with Crippen LogP contribution in [0.5, 0.6) is 0 Å². The minimum atomic E-state index is -3.69. The first kappa shape index (κ1) is 23.1. The van der Waals surface area contributed by atoms with Gasteiger partial charge in [0.1, 0.15) is 12.0 Å². The Morgan fingerprint density at radius 1 is 1.23 bits per heavy atom. The van der Waals surface area contributed by atoms with Crippen molar-refractivity contribution in [3.63, 3.8) is 0 Å². The molecule has 30 heavy (non-hydrogen) atoms. The Morgan fingerprint density at radius 3 is 2.43 bits per heavy atom. The van der Waals surface area contributed by atoms with Crippen molar-refractivity contribution in [3.05, 3.63) is 28.3 Å². The second-order valence-electron chi connectivity index (χ2n) is 7.53. The summed E-state index contributed by atoms with van der Waals surface area (Å²) in [7, 11) is -2.27. The molecule has 1 saturated carbocycles. The van der Waals surface area contributed by atoms with E-state index in [1.807, 2.05) is 0 Å². The van der Waals surface area contributed by atoms with E-state index in [-0.39, 0.29) is 39.6 Å². The van der Waals surface area contributed by atoms with Crippen LogP contribution in [-0.4, -0.2) is 51.3 Å². The Bertz CT molecular complexity index is 948. The number of Topliss-reactive ketones (excluding diaryl/α,β-unsaturated/α-hetero) is 3. The number of hydrogen-bond acceptors (Lipinski definition) is 7. The Kier molecular flexibility index (Phi) is 7.12. The summed E-state index contributed by atoms with van der Waals surface area (Å²) >= 11 is 6.59. The van der Waals surface area contributed by atoms with Gasteiger partial charge in [0.05, 0.1) is 21.8 Å². The van der Waals surface area contributed by atoms with Crippen LogP contribution in [0.4, 0.5) is 0 Å². The standard InChI is InChI=1S/C21H25ClO7S/c1-3-30(26,27)16-10-9-12(20(25)17-13(23)6-4-7-14(17)24)19(22)18(16)21(28-2)15-8-5-11-29-15/h9-10,15,17,21H,3-8,11H2,1-2H3. The van der Waals surface area contributed by atoms with E-state index in [0.29, 0.717) is 19.4 Å². The van der Waals surface area contributed by atoms with Crippen LogP contribution < -0.4 is 0 Å². The van der Waals surface area contributed by atoms with E-state index in [2.05, 4.69) is 0 Å². The molecule has 0 amide bonds. The number of methoxy groups -OCH3 is 1. The van der Waals surface area contributed by atoms with Crippen molar-refractivity contribution < 1.29 is 32.3 Å². The fraction of sp³-hybridized carbons (Fsp3) is 0.571. The zero-order chi connectivity index (χ0) is 22.1. The summed E-state index contributed by atoms with van der Waals surface area (Å²) in [6.07, 6.45) is 0.971. The Morgan fingerprint density at radius 2 is 1.90 bits per heavy atom. The van der Waals surface area contributed by atoms with Crippen LogP contribution in [0.1, 0.15) is 61.1 Å². The average Bonchev–Trinajstić information content (AvgIpc) is 3.23. The first-order valence-corrected chi connectivity index (χ1v) is 12.0. The molecule has 1 saturated heterocycles. The van der Waals surface area contributed by atoms with E-state index < -0.39 is 45.3 Å². The summed E-state index contributed by atoms with van der Waals surface area (Å²) in [5.74, 6) is -3.10. The fourth-order valence-corrected chi connectivity index (χ4v) is 5.67. The minimum absolute atomic E-state index is 0.0322. The molecule has 3 rings (SSSR count). The molecule has 1 aromatic rings. The average molecular weight is 457 g/mol. The van der Waals surface area contributed by atoms with Crippen molar-refractivity contribution >= 4 is 38.8 Å². The summed E-state index contributed by atoms with van der Waals surface area (Å²) in [6, 6.07) is 2.60. The molecule has 0 spiro atoms. The predicted octanol–water partition coefficient (Wildman–Crippen LogP) is 3.12. The van der Waals surface area contributed by atoms with Gasteiger partial charge in [-0.1, -0.05) is 18.5 Å². The molecule has 2 unspecified atom stereocenters. The summed E-state index contributed by atoms with van der Waals surface area (Å²) in [4.78, 5) is 37.6. The molecule has 1 aromatic carbocycles. The van der Waals surface area contributed by atoms with Crippen LogP contribution in [0, 0.1) is 5.92 Å². The van der Waals surface area contributed by atoms with E-state index in [1.54, 1.807) is 0 Å². The van der Waals surface area contributed by atoms with Gasteiger partial charge in [0.15, 0.2) is 27.2 Å². The highest BCUT2D eigenvalue weighted by Gasteiger charge is 2.40. The lowest BCUT2D eigenvalue weighted by Crippen LogP contribution is -2.35. The number of benzene rings is 1. The Labute approximate surface area is 181 Å². The van der Waals surface area contributed by atoms with E-state index in [9.17, 15) is 22.8 Å². The molecule has 0 N–H and O–H groups in total. The molecule has 0 aromatic heterocycles. The molecule has 7 nitrogen and oxygen atoms in total. The van der Waals surface area contributed by atoms with Gasteiger partial charge in [0, 0.05) is 37.7 Å². The molecular formula is C21H25ClO7S. The summed E-state index contributed by atoms with van der Waals surface area (Å²) in [5, 5.41) is -0.108. The van der Waals surface area contributed by atoms with Crippen LogP contribution >= 0.6 is 11.6 Å². The van der Waals surface area contributed by atoms with E-state index in [0.717, 1.165) is 6.42 Å². The topological polar surface area (TPSA) is 104 Å². The summed E-state index contributed by atoms with van der Waals surface area (Å²) < 4.78 is 36.8. The van der Waals surface area contributed by atoms with Crippen LogP contribution in [0.25, 0.3) is 0 Å². The van der Waals surface area contributed by atoms with Crippen molar-refractivity contribution in [3.8, 4) is 0 Å². The normalized spacial score (nSPS) is 21.8. The van der Waals surface area contributed by atoms with Crippen LogP contribution in [0.3, 0.4) is 0 Å². The third-order valence-electron chi connectivity index (χ3n) is 5.71. The maximum Gasteiger partial charge on any atom is 0.182 e. The molecule has 2 atom stereocenters. The lowest BCUT2D eigenvalue weighted by Gasteiger charge is -2.26. The third kappa shape index (κ3) is 4.23. The van der Waals surface area contributed by atoms with Gasteiger partial charge in [-0.05, 0) is 31.4 Å². The number of halogens is 1. The van der Waals surface area contributed by atoms with Gasteiger partial charge in [-0.2, -0.15) is 0 Å². The Hall–Kier alpha value is -1.61. The fourth-order valence-electron chi connectivity index (χ4n) is 4.11. The minimum Gasteiger partial charge on any atom is -0.375 e. The maximum atomic E-state index is 13.1. The van der Waals surface area contributed by atoms with Crippen LogP contribution in [0.2, 0.25) is 5.02 Å². The van der Waals surface area contributed by atoms with E-state index >= 15 is 0 Å². The van der Waals surface area contributed by atoms with E-state index in [1.165, 1.54) is 26.2 Å². The molecular weight excluding hydrogens is 432 g/mol. The van der Waals surface area contributed by atoms with Gasteiger partial charge >= 0.3 is 0 Å². The molecule has 1 heterocycles. The number of rotatable bonds is 7. The van der Waals surface area contributed by atoms with Crippen molar-refractivity contribution in [2.24, 2.45) is 5.92 Å². The smallest absolute Gasteiger partial charge is 0.182 e. The monoisotopic (exact) mass is 456 g/mol. The zero-order valence-electron chi connectivity index (χ0n) is 17.0. The quantitative estimate of drug-likeness (QED) is 0.458. The highest BCUT2D eigenvalue weighted by Crippen LogP contribution is 2.40. The van der Waals surface area contributed by atoms with Crippen molar-refractivity contribution in [1.82, 2.24) is 0 Å². The second kappa shape index (κ2) is 9.26. The van der Waals surface area contributed by atoms with Gasteiger partial charge < -0.3 is 9.47 Å². The number of sulfone groups is 1. The van der Waals surface area contributed by atoms with Crippen molar-refractivity contribution in [1.29, 1.82) is 0 Å². The van der Waals surface area contributed by atoms with Gasteiger partial charge in [-0.3, -0.25) is 14.4 Å². The number of carbonyl (C=O) groups is 3. The number of carbonyl (C=O) groups excluding carboxylic acids is 3. The van der Waals surface area contributed by atoms with Gasteiger partial charge in [-0.25, -0.2) is 8.42 Å². The lowest BCUT2D eigenvalue weighted by molar-refractivity contribution is -0.133. The summed E-state index contributed by atoms with van der Waals surface area (Å²) in [5.41, 5.74) is 0.102. The first-order chi connectivity index (χ1) is 14.2. The molecule has 1 aliphatic carbocycles. The third-order valence-corrected chi connectivity index (χ3v) is 7.91. The molecule has 164 valence electrons. The van der Waals surface area contributed by atoms with Crippen LogP contribution in [0.15, 0.2) is 17.0 Å². The molecule has 0 bridgehead atoms. The molecule has 1 aliphatic heterocycles. The van der Waals surface area contributed by atoms with Gasteiger partial charge in [-0.15, -0.1) is 0 Å². The highest BCUT2D eigenvalue weighted by atomic mass is 35.5. The Balaban J connectivity index is 2.16. The number of hydrogen-bond donors (Lipinski definition) is 0. The molecule has 9 heteroatoms. The zero-order valence-corrected chi connectivity index (χ0v) is 18.6. The van der Waals surface area contributed by atoms with Crippen molar-refractivity contribution in [2.45, 2.75) is 56.1 Å². The highest BCUT2D eigenvalue weighted by molar-refractivity contribution is 7.91. The van der Waals surface area contributed by atoms with Gasteiger partial charge in [0.25, 0.3) is 0 Å². The first-order valence-electron chi connectivity index (χ1n) is 10.0. The van der Waals surface area contributed by atoms with Crippen molar-refractivity contribution in [2.75, 3.05) is 19.5 Å². The SMILES string of the molecule is CCS(=O)(=O)c1ccc(C(=O)C2C(=O)CCCC2=O)c(Cl)c1C(OC)C1CCCO1. The number of ketones is 3. The van der Waals surface area contributed by atoms with E-state index in [4.69, 9.17) is 21.1 Å². The maximum absolute atomic E-state index is 13.1. The molecule has 2 fully saturated rings. The summed E-state index contributed by atoms with van der Waals surface area (Å²) in [6.45, 7) is 2.03. The largest absolute Gasteiger partial charge is 0.375 e. The van der Waals surface area contributed by atoms with Gasteiger partial charge in [0.2, 0.25) is 0 Å². The lowest BCUT2D eigenvalue weighted by atomic mass is 9.81. The second-order valence-corrected chi connectivity index (χ2v) is 10.2. The predicted molar refractivity (Wildman–Crippen MR) is 110 cm³/mol. The molecule has 0 radical (unpaired) electrons.